The third-order valence-electron chi connectivity index (χ3n) is 3.89. The summed E-state index contributed by atoms with van der Waals surface area (Å²) >= 11 is 0. The van der Waals surface area contributed by atoms with Crippen molar-refractivity contribution in [3.63, 3.8) is 0 Å². The third kappa shape index (κ3) is 3.43. The minimum atomic E-state index is -0.452. The monoisotopic (exact) mass is 294 g/mol. The second kappa shape index (κ2) is 6.74. The van der Waals surface area contributed by atoms with Gasteiger partial charge in [0.2, 0.25) is 5.91 Å². The lowest BCUT2D eigenvalue weighted by Crippen LogP contribution is -2.49. The van der Waals surface area contributed by atoms with Gasteiger partial charge in [-0.1, -0.05) is 5.16 Å². The van der Waals surface area contributed by atoms with Crippen LogP contribution in [-0.4, -0.2) is 41.1 Å². The number of hydrogen-bond acceptors (Lipinski definition) is 5. The van der Waals surface area contributed by atoms with Crippen molar-refractivity contribution in [2.45, 2.75) is 52.5 Å². The normalized spacial score (nSPS) is 18.6. The Morgan fingerprint density at radius 2 is 2.14 bits per heavy atom. The van der Waals surface area contributed by atoms with E-state index in [1.807, 2.05) is 6.92 Å². The summed E-state index contributed by atoms with van der Waals surface area (Å²) in [4.78, 5) is 26.2. The van der Waals surface area contributed by atoms with Crippen LogP contribution in [0, 0.1) is 13.8 Å². The van der Waals surface area contributed by atoms with Gasteiger partial charge in [-0.25, -0.2) is 4.79 Å². The van der Waals surface area contributed by atoms with E-state index < -0.39 is 6.04 Å². The first-order chi connectivity index (χ1) is 10.0. The van der Waals surface area contributed by atoms with Crippen molar-refractivity contribution in [3.05, 3.63) is 17.0 Å². The molecule has 1 aromatic heterocycles. The van der Waals surface area contributed by atoms with Crippen LogP contribution in [0.25, 0.3) is 0 Å². The molecule has 6 nitrogen and oxygen atoms in total. The van der Waals surface area contributed by atoms with Crippen molar-refractivity contribution >= 4 is 11.9 Å². The molecule has 0 spiro atoms. The third-order valence-corrected chi connectivity index (χ3v) is 3.89. The predicted octanol–water partition coefficient (Wildman–Crippen LogP) is 1.78. The number of amides is 1. The molecule has 0 bridgehead atoms. The molecule has 6 heteroatoms. The molecule has 1 unspecified atom stereocenters. The lowest BCUT2D eigenvalue weighted by molar-refractivity contribution is -0.156. The smallest absolute Gasteiger partial charge is 0.328 e. The zero-order valence-corrected chi connectivity index (χ0v) is 12.8. The van der Waals surface area contributed by atoms with E-state index in [0.29, 0.717) is 25.3 Å². The maximum absolute atomic E-state index is 12.5. The van der Waals surface area contributed by atoms with E-state index in [1.165, 1.54) is 0 Å². The lowest BCUT2D eigenvalue weighted by Gasteiger charge is -2.34. The van der Waals surface area contributed by atoms with Crippen LogP contribution < -0.4 is 0 Å². The Bertz CT molecular complexity index is 504. The summed E-state index contributed by atoms with van der Waals surface area (Å²) in [5.74, 6) is 0.289. The summed E-state index contributed by atoms with van der Waals surface area (Å²) in [6.07, 6.45) is 2.76. The van der Waals surface area contributed by atoms with Crippen LogP contribution in [-0.2, 0) is 20.7 Å². The van der Waals surface area contributed by atoms with E-state index in [2.05, 4.69) is 5.16 Å². The van der Waals surface area contributed by atoms with Gasteiger partial charge in [0.1, 0.15) is 11.8 Å². The first-order valence-electron chi connectivity index (χ1n) is 7.42. The highest BCUT2D eigenvalue weighted by Gasteiger charge is 2.33. The zero-order chi connectivity index (χ0) is 15.4. The Balaban J connectivity index is 2.10. The average Bonchev–Trinajstić information content (AvgIpc) is 2.79. The van der Waals surface area contributed by atoms with Crippen molar-refractivity contribution in [2.24, 2.45) is 0 Å². The summed E-state index contributed by atoms with van der Waals surface area (Å²) in [7, 11) is 0. The van der Waals surface area contributed by atoms with Gasteiger partial charge in [0.15, 0.2) is 0 Å². The van der Waals surface area contributed by atoms with Crippen LogP contribution in [0.3, 0.4) is 0 Å². The zero-order valence-electron chi connectivity index (χ0n) is 12.8. The van der Waals surface area contributed by atoms with Crippen LogP contribution in [0.1, 0.15) is 43.2 Å². The second-order valence-electron chi connectivity index (χ2n) is 5.33. The van der Waals surface area contributed by atoms with Gasteiger partial charge in [0.05, 0.1) is 18.7 Å². The summed E-state index contributed by atoms with van der Waals surface area (Å²) in [6, 6.07) is -0.452. The number of aryl methyl sites for hydroxylation is 2. The Morgan fingerprint density at radius 3 is 2.76 bits per heavy atom. The molecule has 1 atom stereocenters. The van der Waals surface area contributed by atoms with Gasteiger partial charge in [-0.2, -0.15) is 0 Å². The van der Waals surface area contributed by atoms with Crippen molar-refractivity contribution in [2.75, 3.05) is 13.2 Å². The number of carbonyl (C=O) groups is 2. The number of piperidine rings is 1. The topological polar surface area (TPSA) is 72.6 Å². The Kier molecular flexibility index (Phi) is 4.98. The highest BCUT2D eigenvalue weighted by atomic mass is 16.5. The Hall–Kier alpha value is -1.85. The first-order valence-corrected chi connectivity index (χ1v) is 7.42. The van der Waals surface area contributed by atoms with Crippen molar-refractivity contribution in [3.8, 4) is 0 Å². The number of ether oxygens (including phenoxy) is 1. The van der Waals surface area contributed by atoms with Crippen LogP contribution >= 0.6 is 0 Å². The first kappa shape index (κ1) is 15.5. The van der Waals surface area contributed by atoms with Crippen LogP contribution in [0.15, 0.2) is 4.52 Å². The van der Waals surface area contributed by atoms with Crippen LogP contribution in [0.5, 0.6) is 0 Å². The number of aromatic nitrogens is 1. The van der Waals surface area contributed by atoms with Crippen molar-refractivity contribution in [1.82, 2.24) is 10.1 Å². The molecule has 1 fully saturated rings. The minimum Gasteiger partial charge on any atom is -0.464 e. The molecule has 1 amide bonds. The summed E-state index contributed by atoms with van der Waals surface area (Å²) in [6.45, 7) is 6.32. The summed E-state index contributed by atoms with van der Waals surface area (Å²) in [5.41, 5.74) is 1.54. The van der Waals surface area contributed by atoms with Crippen molar-refractivity contribution in [1.29, 1.82) is 0 Å². The number of esters is 1. The van der Waals surface area contributed by atoms with Gasteiger partial charge < -0.3 is 14.2 Å². The molecule has 2 rings (SSSR count). The lowest BCUT2D eigenvalue weighted by atomic mass is 10.0. The summed E-state index contributed by atoms with van der Waals surface area (Å²) < 4.78 is 10.2. The maximum Gasteiger partial charge on any atom is 0.328 e. The Labute approximate surface area is 124 Å². The molecular formula is C15H22N2O4. The Morgan fingerprint density at radius 1 is 1.38 bits per heavy atom. The molecule has 2 heterocycles. The van der Waals surface area contributed by atoms with Gasteiger partial charge in [-0.05, 0) is 40.0 Å². The second-order valence-corrected chi connectivity index (χ2v) is 5.33. The molecular weight excluding hydrogens is 272 g/mol. The van der Waals surface area contributed by atoms with Gasteiger partial charge in [0, 0.05) is 12.1 Å². The molecule has 0 N–H and O–H groups in total. The number of hydrogen-bond donors (Lipinski definition) is 0. The number of likely N-dealkylation sites (tertiary alicyclic amines) is 1. The summed E-state index contributed by atoms with van der Waals surface area (Å²) in [5, 5.41) is 3.86. The van der Waals surface area contributed by atoms with Crippen LogP contribution in [0.2, 0.25) is 0 Å². The molecule has 0 saturated carbocycles. The number of rotatable bonds is 4. The molecule has 0 aliphatic carbocycles. The predicted molar refractivity (Wildman–Crippen MR) is 75.7 cm³/mol. The fourth-order valence-corrected chi connectivity index (χ4v) is 2.72. The highest BCUT2D eigenvalue weighted by Crippen LogP contribution is 2.21. The average molecular weight is 294 g/mol. The van der Waals surface area contributed by atoms with Crippen molar-refractivity contribution < 1.29 is 18.8 Å². The largest absolute Gasteiger partial charge is 0.464 e. The van der Waals surface area contributed by atoms with E-state index in [9.17, 15) is 9.59 Å². The van der Waals surface area contributed by atoms with Gasteiger partial charge in [-0.3, -0.25) is 4.79 Å². The quantitative estimate of drug-likeness (QED) is 0.791. The molecule has 0 radical (unpaired) electrons. The molecule has 0 aromatic carbocycles. The highest BCUT2D eigenvalue weighted by molar-refractivity contribution is 5.86. The fourth-order valence-electron chi connectivity index (χ4n) is 2.72. The standard InChI is InChI=1S/C15H22N2O4/c1-4-20-15(19)13-7-5-6-8-17(13)14(18)9-12-10(2)16-21-11(12)3/h13H,4-9H2,1-3H3. The molecule has 1 aliphatic heterocycles. The molecule has 1 aromatic rings. The molecule has 21 heavy (non-hydrogen) atoms. The van der Waals surface area contributed by atoms with E-state index in [0.717, 1.165) is 24.1 Å². The molecule has 116 valence electrons. The van der Waals surface area contributed by atoms with Gasteiger partial charge in [0.25, 0.3) is 0 Å². The van der Waals surface area contributed by atoms with E-state index in [4.69, 9.17) is 9.26 Å². The molecule has 1 aliphatic rings. The van der Waals surface area contributed by atoms with Crippen LogP contribution in [0.4, 0.5) is 0 Å². The van der Waals surface area contributed by atoms with Gasteiger partial charge in [-0.15, -0.1) is 0 Å². The SMILES string of the molecule is CCOC(=O)C1CCCCN1C(=O)Cc1c(C)noc1C. The van der Waals surface area contributed by atoms with Gasteiger partial charge >= 0.3 is 5.97 Å². The molecule has 1 saturated heterocycles. The maximum atomic E-state index is 12.5. The van der Waals surface area contributed by atoms with E-state index in [-0.39, 0.29) is 18.3 Å². The van der Waals surface area contributed by atoms with E-state index in [1.54, 1.807) is 18.7 Å². The van der Waals surface area contributed by atoms with E-state index >= 15 is 0 Å². The fraction of sp³-hybridized carbons (Fsp3) is 0.667. The number of carbonyl (C=O) groups excluding carboxylic acids is 2. The minimum absolute atomic E-state index is 0.0675. The number of nitrogens with zero attached hydrogens (tertiary/aromatic N) is 2.